The SMILES string of the molecule is Cc1ccc(SCC2CCCN2)cc1C. The molecule has 0 aromatic heterocycles. The van der Waals surface area contributed by atoms with Crippen LogP contribution in [0.3, 0.4) is 0 Å². The van der Waals surface area contributed by atoms with Crippen molar-refractivity contribution in [1.29, 1.82) is 0 Å². The van der Waals surface area contributed by atoms with Gasteiger partial charge in [-0.3, -0.25) is 0 Å². The maximum Gasteiger partial charge on any atom is 0.0162 e. The first-order valence-corrected chi connectivity index (χ1v) is 6.68. The van der Waals surface area contributed by atoms with Crippen molar-refractivity contribution in [3.63, 3.8) is 0 Å². The van der Waals surface area contributed by atoms with E-state index in [2.05, 4.69) is 37.4 Å². The van der Waals surface area contributed by atoms with Gasteiger partial charge in [-0.25, -0.2) is 0 Å². The highest BCUT2D eigenvalue weighted by Gasteiger charge is 2.13. The molecule has 0 saturated carbocycles. The van der Waals surface area contributed by atoms with Crippen LogP contribution in [0.1, 0.15) is 24.0 Å². The number of thioether (sulfide) groups is 1. The summed E-state index contributed by atoms with van der Waals surface area (Å²) >= 11 is 1.98. The molecule has 0 amide bonds. The zero-order chi connectivity index (χ0) is 10.7. The minimum absolute atomic E-state index is 0.733. The molecule has 1 saturated heterocycles. The molecule has 1 aromatic carbocycles. The number of nitrogens with one attached hydrogen (secondary N) is 1. The Labute approximate surface area is 96.7 Å². The van der Waals surface area contributed by atoms with Gasteiger partial charge in [-0.15, -0.1) is 11.8 Å². The Morgan fingerprint density at radius 3 is 2.87 bits per heavy atom. The van der Waals surface area contributed by atoms with Crippen molar-refractivity contribution in [3.05, 3.63) is 29.3 Å². The van der Waals surface area contributed by atoms with Crippen LogP contribution in [-0.4, -0.2) is 18.3 Å². The van der Waals surface area contributed by atoms with Gasteiger partial charge in [-0.1, -0.05) is 6.07 Å². The van der Waals surface area contributed by atoms with Crippen LogP contribution in [0, 0.1) is 13.8 Å². The van der Waals surface area contributed by atoms with Crippen LogP contribution in [0.25, 0.3) is 0 Å². The topological polar surface area (TPSA) is 12.0 Å². The van der Waals surface area contributed by atoms with Crippen molar-refractivity contribution >= 4 is 11.8 Å². The lowest BCUT2D eigenvalue weighted by molar-refractivity contribution is 0.674. The van der Waals surface area contributed by atoms with Crippen molar-refractivity contribution in [1.82, 2.24) is 5.32 Å². The van der Waals surface area contributed by atoms with Crippen LogP contribution in [0.2, 0.25) is 0 Å². The number of rotatable bonds is 3. The molecule has 1 heterocycles. The van der Waals surface area contributed by atoms with E-state index in [9.17, 15) is 0 Å². The third kappa shape index (κ3) is 2.99. The fourth-order valence-electron chi connectivity index (χ4n) is 1.90. The van der Waals surface area contributed by atoms with Crippen LogP contribution in [0.5, 0.6) is 0 Å². The summed E-state index contributed by atoms with van der Waals surface area (Å²) < 4.78 is 0. The van der Waals surface area contributed by atoms with Crippen molar-refractivity contribution in [3.8, 4) is 0 Å². The molecule has 0 aliphatic carbocycles. The Morgan fingerprint density at radius 2 is 2.20 bits per heavy atom. The van der Waals surface area contributed by atoms with Crippen LogP contribution in [-0.2, 0) is 0 Å². The highest BCUT2D eigenvalue weighted by molar-refractivity contribution is 7.99. The van der Waals surface area contributed by atoms with Crippen molar-refractivity contribution in [2.75, 3.05) is 12.3 Å². The van der Waals surface area contributed by atoms with Crippen LogP contribution >= 0.6 is 11.8 Å². The maximum atomic E-state index is 3.53. The van der Waals surface area contributed by atoms with Gasteiger partial charge in [-0.2, -0.15) is 0 Å². The Kier molecular flexibility index (Phi) is 3.71. The Balaban J connectivity index is 1.90. The summed E-state index contributed by atoms with van der Waals surface area (Å²) in [5, 5.41) is 3.53. The number of hydrogen-bond donors (Lipinski definition) is 1. The summed E-state index contributed by atoms with van der Waals surface area (Å²) in [5.41, 5.74) is 2.79. The van der Waals surface area contributed by atoms with E-state index in [-0.39, 0.29) is 0 Å². The molecule has 0 bridgehead atoms. The van der Waals surface area contributed by atoms with Gasteiger partial charge in [0, 0.05) is 16.7 Å². The fourth-order valence-corrected chi connectivity index (χ4v) is 3.00. The maximum absolute atomic E-state index is 3.53. The van der Waals surface area contributed by atoms with Gasteiger partial charge in [0.15, 0.2) is 0 Å². The normalized spacial score (nSPS) is 20.8. The van der Waals surface area contributed by atoms with Gasteiger partial charge >= 0.3 is 0 Å². The van der Waals surface area contributed by atoms with Crippen LogP contribution in [0.15, 0.2) is 23.1 Å². The highest BCUT2D eigenvalue weighted by atomic mass is 32.2. The molecule has 1 unspecified atom stereocenters. The van der Waals surface area contributed by atoms with E-state index in [4.69, 9.17) is 0 Å². The minimum atomic E-state index is 0.733. The second kappa shape index (κ2) is 5.04. The summed E-state index contributed by atoms with van der Waals surface area (Å²) in [5.74, 6) is 1.21. The van der Waals surface area contributed by atoms with Gasteiger partial charge in [0.25, 0.3) is 0 Å². The van der Waals surface area contributed by atoms with Crippen LogP contribution < -0.4 is 5.32 Å². The van der Waals surface area contributed by atoms with E-state index >= 15 is 0 Å². The minimum Gasteiger partial charge on any atom is -0.313 e. The van der Waals surface area contributed by atoms with E-state index in [0.717, 1.165) is 6.04 Å². The summed E-state index contributed by atoms with van der Waals surface area (Å²) in [6.07, 6.45) is 2.69. The smallest absolute Gasteiger partial charge is 0.0162 e. The summed E-state index contributed by atoms with van der Waals surface area (Å²) in [6.45, 7) is 5.56. The van der Waals surface area contributed by atoms with E-state index in [1.807, 2.05) is 11.8 Å². The third-order valence-corrected chi connectivity index (χ3v) is 4.25. The third-order valence-electron chi connectivity index (χ3n) is 3.09. The lowest BCUT2D eigenvalue weighted by Gasteiger charge is -2.10. The molecular weight excluding hydrogens is 202 g/mol. The summed E-state index contributed by atoms with van der Waals surface area (Å²) in [7, 11) is 0. The highest BCUT2D eigenvalue weighted by Crippen LogP contribution is 2.23. The molecule has 1 fully saturated rings. The molecule has 1 aromatic rings. The van der Waals surface area contributed by atoms with Crippen molar-refractivity contribution < 1.29 is 0 Å². The van der Waals surface area contributed by atoms with E-state index in [1.165, 1.54) is 41.2 Å². The number of hydrogen-bond acceptors (Lipinski definition) is 2. The molecule has 15 heavy (non-hydrogen) atoms. The van der Waals surface area contributed by atoms with E-state index < -0.39 is 0 Å². The van der Waals surface area contributed by atoms with E-state index in [0.29, 0.717) is 0 Å². The fraction of sp³-hybridized carbons (Fsp3) is 0.538. The zero-order valence-electron chi connectivity index (χ0n) is 9.55. The lowest BCUT2D eigenvalue weighted by Crippen LogP contribution is -2.23. The van der Waals surface area contributed by atoms with Crippen LogP contribution in [0.4, 0.5) is 0 Å². The Hall–Kier alpha value is -0.470. The summed E-state index contributed by atoms with van der Waals surface area (Å²) in [4.78, 5) is 1.41. The average molecular weight is 221 g/mol. The zero-order valence-corrected chi connectivity index (χ0v) is 10.4. The predicted molar refractivity (Wildman–Crippen MR) is 67.7 cm³/mol. The van der Waals surface area contributed by atoms with Gasteiger partial charge in [0.05, 0.1) is 0 Å². The molecule has 1 N–H and O–H groups in total. The van der Waals surface area contributed by atoms with Gasteiger partial charge in [0.1, 0.15) is 0 Å². The van der Waals surface area contributed by atoms with Gasteiger partial charge in [0.2, 0.25) is 0 Å². The second-order valence-corrected chi connectivity index (χ2v) is 5.44. The lowest BCUT2D eigenvalue weighted by atomic mass is 10.1. The second-order valence-electron chi connectivity index (χ2n) is 4.35. The molecule has 1 nitrogen and oxygen atoms in total. The predicted octanol–water partition coefficient (Wildman–Crippen LogP) is 3.15. The largest absolute Gasteiger partial charge is 0.313 e. The summed E-state index contributed by atoms with van der Waals surface area (Å²) in [6, 6.07) is 7.49. The van der Waals surface area contributed by atoms with Crippen molar-refractivity contribution in [2.45, 2.75) is 37.6 Å². The van der Waals surface area contributed by atoms with Crippen molar-refractivity contribution in [2.24, 2.45) is 0 Å². The Morgan fingerprint density at radius 1 is 1.33 bits per heavy atom. The quantitative estimate of drug-likeness (QED) is 0.787. The van der Waals surface area contributed by atoms with Gasteiger partial charge < -0.3 is 5.32 Å². The molecule has 2 heteroatoms. The first kappa shape index (κ1) is 11.0. The molecule has 1 aliphatic rings. The molecule has 82 valence electrons. The molecule has 0 spiro atoms. The number of aryl methyl sites for hydroxylation is 2. The first-order chi connectivity index (χ1) is 7.25. The first-order valence-electron chi connectivity index (χ1n) is 5.69. The molecule has 0 radical (unpaired) electrons. The number of benzene rings is 1. The molecule has 1 atom stereocenters. The monoisotopic (exact) mass is 221 g/mol. The Bertz CT molecular complexity index is 329. The molecular formula is C13H19NS. The standard InChI is InChI=1S/C13H19NS/c1-10-5-6-13(8-11(10)2)15-9-12-4-3-7-14-12/h5-6,8,12,14H,3-4,7,9H2,1-2H3. The van der Waals surface area contributed by atoms with Gasteiger partial charge in [-0.05, 0) is 56.5 Å². The molecule has 1 aliphatic heterocycles. The van der Waals surface area contributed by atoms with E-state index in [1.54, 1.807) is 0 Å². The molecule has 2 rings (SSSR count). The average Bonchev–Trinajstić information content (AvgIpc) is 2.73.